The van der Waals surface area contributed by atoms with Gasteiger partial charge in [0.15, 0.2) is 0 Å². The van der Waals surface area contributed by atoms with Gasteiger partial charge in [-0.05, 0) is 6.42 Å². The Kier molecular flexibility index (Phi) is 8.21. The van der Waals surface area contributed by atoms with Crippen LogP contribution in [0.3, 0.4) is 0 Å². The maximum atomic E-state index is 8.18. The SMILES string of the molecule is CCCO[Si](O)(O)O.[NaH]. The molecule has 3 N–H and O–H groups in total. The molecule has 0 unspecified atom stereocenters. The molecule has 0 aliphatic rings. The Balaban J connectivity index is 0. The molecule has 0 amide bonds. The summed E-state index contributed by atoms with van der Waals surface area (Å²) in [5.41, 5.74) is 0. The van der Waals surface area contributed by atoms with Gasteiger partial charge in [0.25, 0.3) is 0 Å². The molecule has 0 fully saturated rings. The van der Waals surface area contributed by atoms with Crippen molar-refractivity contribution in [3.63, 3.8) is 0 Å². The third-order valence-electron chi connectivity index (χ3n) is 0.500. The van der Waals surface area contributed by atoms with Crippen LogP contribution in [0.2, 0.25) is 0 Å². The van der Waals surface area contributed by atoms with Gasteiger partial charge in [-0.3, -0.25) is 0 Å². The van der Waals surface area contributed by atoms with Gasteiger partial charge < -0.3 is 18.8 Å². The fourth-order valence-corrected chi connectivity index (χ4v) is 0.717. The van der Waals surface area contributed by atoms with E-state index in [2.05, 4.69) is 4.43 Å². The van der Waals surface area contributed by atoms with Gasteiger partial charge in [0.1, 0.15) is 0 Å². The minimum atomic E-state index is -4.18. The summed E-state index contributed by atoms with van der Waals surface area (Å²) in [6.07, 6.45) is 0.663. The van der Waals surface area contributed by atoms with Gasteiger partial charge in [-0.1, -0.05) is 6.92 Å². The average molecular weight is 162 g/mol. The summed E-state index contributed by atoms with van der Waals surface area (Å²) in [7, 11) is -4.18. The van der Waals surface area contributed by atoms with Crippen molar-refractivity contribution in [1.29, 1.82) is 0 Å². The second-order valence-electron chi connectivity index (χ2n) is 1.42. The quantitative estimate of drug-likeness (QED) is 0.427. The standard InChI is InChI=1S/C3H10O4Si.Na.H/c1-2-3-7-8(4,5)6;;/h4-6H,2-3H2,1H3;;. The Morgan fingerprint density at radius 2 is 1.78 bits per heavy atom. The van der Waals surface area contributed by atoms with Gasteiger partial charge in [-0.15, -0.1) is 0 Å². The van der Waals surface area contributed by atoms with Crippen LogP contribution in [0.1, 0.15) is 13.3 Å². The zero-order valence-electron chi connectivity index (χ0n) is 4.66. The molecule has 52 valence electrons. The Morgan fingerprint density at radius 3 is 1.89 bits per heavy atom. The summed E-state index contributed by atoms with van der Waals surface area (Å²) < 4.78 is 4.18. The van der Waals surface area contributed by atoms with Crippen LogP contribution in [0.25, 0.3) is 0 Å². The number of hydrogen-bond acceptors (Lipinski definition) is 4. The molecule has 9 heavy (non-hydrogen) atoms. The molecule has 0 radical (unpaired) electrons. The molecule has 0 spiro atoms. The van der Waals surface area contributed by atoms with Crippen molar-refractivity contribution >= 4 is 38.6 Å². The van der Waals surface area contributed by atoms with E-state index >= 15 is 0 Å². The van der Waals surface area contributed by atoms with E-state index < -0.39 is 9.05 Å². The number of rotatable bonds is 3. The van der Waals surface area contributed by atoms with Gasteiger partial charge in [0.05, 0.1) is 0 Å². The van der Waals surface area contributed by atoms with Crippen molar-refractivity contribution < 1.29 is 18.8 Å². The molecule has 6 heteroatoms. The summed E-state index contributed by atoms with van der Waals surface area (Å²) in [6.45, 7) is 2.00. The van der Waals surface area contributed by atoms with Crippen LogP contribution in [-0.2, 0) is 4.43 Å². The van der Waals surface area contributed by atoms with Crippen molar-refractivity contribution in [3.8, 4) is 0 Å². The molecule has 0 bridgehead atoms. The van der Waals surface area contributed by atoms with E-state index in [-0.39, 0.29) is 36.2 Å². The van der Waals surface area contributed by atoms with Gasteiger partial charge >= 0.3 is 38.6 Å². The first kappa shape index (κ1) is 12.7. The van der Waals surface area contributed by atoms with Crippen molar-refractivity contribution in [2.45, 2.75) is 13.3 Å². The first-order chi connectivity index (χ1) is 3.56. The minimum absolute atomic E-state index is 0. The van der Waals surface area contributed by atoms with E-state index in [9.17, 15) is 0 Å². The van der Waals surface area contributed by atoms with Crippen LogP contribution in [-0.4, -0.2) is 59.6 Å². The van der Waals surface area contributed by atoms with E-state index in [1.165, 1.54) is 0 Å². The summed E-state index contributed by atoms with van der Waals surface area (Å²) in [4.78, 5) is 24.5. The zero-order chi connectivity index (χ0) is 6.62. The maximum absolute atomic E-state index is 8.18. The van der Waals surface area contributed by atoms with Crippen molar-refractivity contribution in [2.24, 2.45) is 0 Å². The molecule has 4 nitrogen and oxygen atoms in total. The monoisotopic (exact) mass is 162 g/mol. The zero-order valence-corrected chi connectivity index (χ0v) is 5.66. The topological polar surface area (TPSA) is 69.9 Å². The van der Waals surface area contributed by atoms with Crippen molar-refractivity contribution in [3.05, 3.63) is 0 Å². The molecule has 0 heterocycles. The fraction of sp³-hybridized carbons (Fsp3) is 1.00. The van der Waals surface area contributed by atoms with Crippen LogP contribution >= 0.6 is 0 Å². The van der Waals surface area contributed by atoms with Crippen LogP contribution < -0.4 is 0 Å². The Hall–Kier alpha value is 1.06. The molecule has 0 atom stereocenters. The van der Waals surface area contributed by atoms with Gasteiger partial charge in [0, 0.05) is 6.61 Å². The van der Waals surface area contributed by atoms with Crippen LogP contribution in [0.15, 0.2) is 0 Å². The second kappa shape index (κ2) is 5.81. The molecular formula is C3H11NaO4Si. The molecule has 0 aromatic rings. The van der Waals surface area contributed by atoms with E-state index in [0.29, 0.717) is 6.42 Å². The van der Waals surface area contributed by atoms with Gasteiger partial charge in [0.2, 0.25) is 0 Å². The predicted octanol–water partition coefficient (Wildman–Crippen LogP) is -1.82. The first-order valence-electron chi connectivity index (χ1n) is 2.37. The predicted molar refractivity (Wildman–Crippen MR) is 35.8 cm³/mol. The van der Waals surface area contributed by atoms with E-state index in [1.54, 1.807) is 6.92 Å². The third-order valence-corrected chi connectivity index (χ3v) is 1.09. The molecule has 0 rings (SSSR count). The van der Waals surface area contributed by atoms with Crippen molar-refractivity contribution in [1.82, 2.24) is 0 Å². The number of hydrogen-bond donors (Lipinski definition) is 3. The second-order valence-corrected chi connectivity index (χ2v) is 2.86. The Bertz CT molecular complexity index is 63.3. The van der Waals surface area contributed by atoms with Crippen LogP contribution in [0, 0.1) is 0 Å². The van der Waals surface area contributed by atoms with Crippen LogP contribution in [0.5, 0.6) is 0 Å². The molecular weight excluding hydrogens is 151 g/mol. The molecule has 0 aromatic heterocycles. The van der Waals surface area contributed by atoms with E-state index in [4.69, 9.17) is 14.4 Å². The molecule has 0 aliphatic carbocycles. The Morgan fingerprint density at radius 1 is 1.33 bits per heavy atom. The molecule has 0 saturated carbocycles. The van der Waals surface area contributed by atoms with Gasteiger partial charge in [-0.25, -0.2) is 0 Å². The summed E-state index contributed by atoms with van der Waals surface area (Å²) in [5, 5.41) is 0. The van der Waals surface area contributed by atoms with E-state index in [0.717, 1.165) is 0 Å². The van der Waals surface area contributed by atoms with Crippen LogP contribution in [0.4, 0.5) is 0 Å². The summed E-state index contributed by atoms with van der Waals surface area (Å²) >= 11 is 0. The molecule has 0 aliphatic heterocycles. The fourth-order valence-electron chi connectivity index (χ4n) is 0.239. The molecule has 0 saturated heterocycles. The van der Waals surface area contributed by atoms with E-state index in [1.807, 2.05) is 0 Å². The van der Waals surface area contributed by atoms with Crippen molar-refractivity contribution in [2.75, 3.05) is 6.61 Å². The average Bonchev–Trinajstić information content (AvgIpc) is 1.59. The third kappa shape index (κ3) is 12.3. The molecule has 0 aromatic carbocycles. The first-order valence-corrected chi connectivity index (χ1v) is 4.12. The van der Waals surface area contributed by atoms with Gasteiger partial charge in [-0.2, -0.15) is 0 Å². The Labute approximate surface area is 77.3 Å². The summed E-state index contributed by atoms with van der Waals surface area (Å²) in [6, 6.07) is 0. The summed E-state index contributed by atoms with van der Waals surface area (Å²) in [5.74, 6) is 0. The normalized spacial score (nSPS) is 10.7.